The fourth-order valence-corrected chi connectivity index (χ4v) is 3.24. The van der Waals surface area contributed by atoms with E-state index >= 15 is 0 Å². The number of aliphatic imine (C=N–C) groups is 1. The Morgan fingerprint density at radius 2 is 1.91 bits per heavy atom. The Bertz CT molecular complexity index is 449. The Hall–Kier alpha value is -1.24. The molecule has 0 radical (unpaired) electrons. The molecule has 23 heavy (non-hydrogen) atoms. The van der Waals surface area contributed by atoms with Crippen molar-refractivity contribution in [3.05, 3.63) is 30.3 Å². The van der Waals surface area contributed by atoms with Gasteiger partial charge in [-0.25, -0.2) is 0 Å². The molecule has 1 aromatic rings. The zero-order valence-corrected chi connectivity index (χ0v) is 14.8. The summed E-state index contributed by atoms with van der Waals surface area (Å²) < 4.78 is 5.36. The molecule has 6 heteroatoms. The van der Waals surface area contributed by atoms with E-state index in [0.29, 0.717) is 0 Å². The summed E-state index contributed by atoms with van der Waals surface area (Å²) in [6.07, 6.45) is 1.11. The van der Waals surface area contributed by atoms with Crippen LogP contribution in [-0.4, -0.2) is 69.6 Å². The second-order valence-corrected chi connectivity index (χ2v) is 6.56. The third kappa shape index (κ3) is 7.72. The predicted octanol–water partition coefficient (Wildman–Crippen LogP) is 1.67. The number of morpholine rings is 1. The van der Waals surface area contributed by atoms with Crippen molar-refractivity contribution in [3.8, 4) is 0 Å². The molecule has 1 aliphatic rings. The third-order valence-electron chi connectivity index (χ3n) is 3.67. The molecule has 0 unspecified atom stereocenters. The van der Waals surface area contributed by atoms with Gasteiger partial charge in [0.05, 0.1) is 13.2 Å². The van der Waals surface area contributed by atoms with Gasteiger partial charge in [-0.15, -0.1) is 11.8 Å². The molecule has 2 rings (SSSR count). The van der Waals surface area contributed by atoms with Crippen molar-refractivity contribution < 1.29 is 4.74 Å². The van der Waals surface area contributed by atoms with Gasteiger partial charge in [0.15, 0.2) is 5.96 Å². The van der Waals surface area contributed by atoms with Crippen molar-refractivity contribution in [1.29, 1.82) is 0 Å². The number of ether oxygens (including phenoxy) is 1. The van der Waals surface area contributed by atoms with Gasteiger partial charge in [0.2, 0.25) is 0 Å². The van der Waals surface area contributed by atoms with Gasteiger partial charge in [-0.1, -0.05) is 18.2 Å². The Morgan fingerprint density at radius 1 is 1.17 bits per heavy atom. The summed E-state index contributed by atoms with van der Waals surface area (Å²) in [5.41, 5.74) is 0. The first kappa shape index (κ1) is 18.1. The first-order valence-corrected chi connectivity index (χ1v) is 9.29. The average Bonchev–Trinajstić information content (AvgIpc) is 2.61. The zero-order chi connectivity index (χ0) is 16.2. The maximum absolute atomic E-state index is 5.36. The summed E-state index contributed by atoms with van der Waals surface area (Å²) in [7, 11) is 1.82. The summed E-state index contributed by atoms with van der Waals surface area (Å²) in [5, 5.41) is 6.75. The van der Waals surface area contributed by atoms with Crippen molar-refractivity contribution >= 4 is 17.7 Å². The topological polar surface area (TPSA) is 48.9 Å². The lowest BCUT2D eigenvalue weighted by Gasteiger charge is -2.26. The number of nitrogens with zero attached hydrogens (tertiary/aromatic N) is 2. The molecule has 1 fully saturated rings. The Morgan fingerprint density at radius 3 is 2.65 bits per heavy atom. The second kappa shape index (κ2) is 11.3. The number of rotatable bonds is 8. The lowest BCUT2D eigenvalue weighted by atomic mass is 10.4. The Labute approximate surface area is 143 Å². The van der Waals surface area contributed by atoms with Gasteiger partial charge >= 0.3 is 0 Å². The van der Waals surface area contributed by atoms with Gasteiger partial charge in [-0.05, 0) is 24.3 Å². The van der Waals surface area contributed by atoms with Crippen LogP contribution in [0.3, 0.4) is 0 Å². The van der Waals surface area contributed by atoms with E-state index in [2.05, 4.69) is 50.9 Å². The monoisotopic (exact) mass is 336 g/mol. The number of benzene rings is 1. The standard InChI is InChI=1S/C17H28N4OS/c1-18-17(20-9-10-21-11-13-22-14-12-21)19-8-5-15-23-16-6-3-2-4-7-16/h2-4,6-7H,5,8-15H2,1H3,(H2,18,19,20). The summed E-state index contributed by atoms with van der Waals surface area (Å²) in [5.74, 6) is 2.00. The van der Waals surface area contributed by atoms with Crippen LogP contribution in [0.5, 0.6) is 0 Å². The normalized spacial score (nSPS) is 16.3. The van der Waals surface area contributed by atoms with Crippen molar-refractivity contribution in [2.45, 2.75) is 11.3 Å². The van der Waals surface area contributed by atoms with E-state index in [9.17, 15) is 0 Å². The lowest BCUT2D eigenvalue weighted by Crippen LogP contribution is -2.44. The fourth-order valence-electron chi connectivity index (χ4n) is 2.36. The molecule has 1 aromatic carbocycles. The molecular formula is C17H28N4OS. The first-order valence-electron chi connectivity index (χ1n) is 8.31. The van der Waals surface area contributed by atoms with E-state index in [0.717, 1.165) is 64.1 Å². The van der Waals surface area contributed by atoms with Crippen molar-refractivity contribution in [2.75, 3.05) is 58.7 Å². The molecule has 0 amide bonds. The van der Waals surface area contributed by atoms with Crippen molar-refractivity contribution in [2.24, 2.45) is 4.99 Å². The molecule has 0 bridgehead atoms. The second-order valence-electron chi connectivity index (χ2n) is 5.39. The van der Waals surface area contributed by atoms with Crippen LogP contribution in [0, 0.1) is 0 Å². The summed E-state index contributed by atoms with van der Waals surface area (Å²) in [6, 6.07) is 10.5. The molecule has 0 spiro atoms. The van der Waals surface area contributed by atoms with E-state index < -0.39 is 0 Å². The predicted molar refractivity (Wildman–Crippen MR) is 98.4 cm³/mol. The maximum Gasteiger partial charge on any atom is 0.191 e. The number of hydrogen-bond acceptors (Lipinski definition) is 4. The molecular weight excluding hydrogens is 308 g/mol. The van der Waals surface area contributed by atoms with Gasteiger partial charge in [-0.2, -0.15) is 0 Å². The molecule has 0 saturated carbocycles. The Balaban J connectivity index is 1.51. The highest BCUT2D eigenvalue weighted by molar-refractivity contribution is 7.99. The van der Waals surface area contributed by atoms with E-state index in [-0.39, 0.29) is 0 Å². The van der Waals surface area contributed by atoms with Gasteiger partial charge in [0.1, 0.15) is 0 Å². The van der Waals surface area contributed by atoms with Crippen LogP contribution in [-0.2, 0) is 4.74 Å². The minimum Gasteiger partial charge on any atom is -0.379 e. The number of nitrogens with one attached hydrogen (secondary N) is 2. The smallest absolute Gasteiger partial charge is 0.191 e. The molecule has 0 aliphatic carbocycles. The summed E-state index contributed by atoms with van der Waals surface area (Å²) >= 11 is 1.90. The van der Waals surface area contributed by atoms with Crippen LogP contribution in [0.25, 0.3) is 0 Å². The summed E-state index contributed by atoms with van der Waals surface area (Å²) in [4.78, 5) is 8.02. The number of hydrogen-bond donors (Lipinski definition) is 2. The molecule has 1 aliphatic heterocycles. The highest BCUT2D eigenvalue weighted by atomic mass is 32.2. The first-order chi connectivity index (χ1) is 11.4. The number of guanidine groups is 1. The summed E-state index contributed by atoms with van der Waals surface area (Å²) in [6.45, 7) is 6.66. The van der Waals surface area contributed by atoms with Gasteiger partial charge in [0, 0.05) is 44.7 Å². The number of thioether (sulfide) groups is 1. The third-order valence-corrected chi connectivity index (χ3v) is 4.77. The van der Waals surface area contributed by atoms with Crippen molar-refractivity contribution in [1.82, 2.24) is 15.5 Å². The quantitative estimate of drug-likeness (QED) is 0.327. The van der Waals surface area contributed by atoms with Gasteiger partial charge in [-0.3, -0.25) is 9.89 Å². The molecule has 128 valence electrons. The molecule has 2 N–H and O–H groups in total. The molecule has 0 aromatic heterocycles. The van der Waals surface area contributed by atoms with Crippen LogP contribution in [0.15, 0.2) is 40.2 Å². The van der Waals surface area contributed by atoms with E-state index in [4.69, 9.17) is 4.74 Å². The highest BCUT2D eigenvalue weighted by Crippen LogP contribution is 2.17. The molecule has 1 heterocycles. The zero-order valence-electron chi connectivity index (χ0n) is 14.0. The van der Waals surface area contributed by atoms with Gasteiger partial charge in [0.25, 0.3) is 0 Å². The largest absolute Gasteiger partial charge is 0.379 e. The van der Waals surface area contributed by atoms with Crippen molar-refractivity contribution in [3.63, 3.8) is 0 Å². The molecule has 0 atom stereocenters. The highest BCUT2D eigenvalue weighted by Gasteiger charge is 2.09. The van der Waals surface area contributed by atoms with Gasteiger partial charge < -0.3 is 15.4 Å². The van der Waals surface area contributed by atoms with E-state index in [1.807, 2.05) is 18.8 Å². The average molecular weight is 337 g/mol. The molecule has 1 saturated heterocycles. The Kier molecular flexibility index (Phi) is 8.91. The molecule has 5 nitrogen and oxygen atoms in total. The van der Waals surface area contributed by atoms with Crippen LogP contribution < -0.4 is 10.6 Å². The maximum atomic E-state index is 5.36. The van der Waals surface area contributed by atoms with Crippen LogP contribution in [0.1, 0.15) is 6.42 Å². The fraction of sp³-hybridized carbons (Fsp3) is 0.588. The van der Waals surface area contributed by atoms with E-state index in [1.54, 1.807) is 0 Å². The van der Waals surface area contributed by atoms with Crippen LogP contribution >= 0.6 is 11.8 Å². The van der Waals surface area contributed by atoms with E-state index in [1.165, 1.54) is 4.90 Å². The van der Waals surface area contributed by atoms with Crippen LogP contribution in [0.2, 0.25) is 0 Å². The minimum absolute atomic E-state index is 0.853. The SMILES string of the molecule is CN=C(NCCCSc1ccccc1)NCCN1CCOCC1. The minimum atomic E-state index is 0.853. The van der Waals surface area contributed by atoms with Crippen LogP contribution in [0.4, 0.5) is 0 Å². The lowest BCUT2D eigenvalue weighted by molar-refractivity contribution is 0.0389.